The molecule has 96 valence electrons. The number of thiophene rings is 1. The van der Waals surface area contributed by atoms with Crippen LogP contribution in [0.15, 0.2) is 48.1 Å². The van der Waals surface area contributed by atoms with Gasteiger partial charge in [0.1, 0.15) is 5.82 Å². The number of rotatable bonds is 3. The number of imidazole rings is 1. The summed E-state index contributed by atoms with van der Waals surface area (Å²) in [6.45, 7) is 0.691. The molecule has 0 atom stereocenters. The van der Waals surface area contributed by atoms with Crippen molar-refractivity contribution >= 4 is 28.6 Å². The van der Waals surface area contributed by atoms with E-state index in [1.165, 1.54) is 0 Å². The molecule has 3 rings (SSSR count). The molecule has 2 N–H and O–H groups in total. The molecule has 0 saturated heterocycles. The standard InChI is InChI=1S/C14H12ClN3S/c15-11-4-3-10(12(16)8-11)9-18-6-5-17-14(18)13-2-1-7-19-13/h1-8H,9,16H2. The van der Waals surface area contributed by atoms with Crippen LogP contribution in [0.25, 0.3) is 10.7 Å². The van der Waals surface area contributed by atoms with Gasteiger partial charge in [-0.3, -0.25) is 0 Å². The zero-order valence-electron chi connectivity index (χ0n) is 10.1. The van der Waals surface area contributed by atoms with Gasteiger partial charge in [-0.1, -0.05) is 23.7 Å². The number of nitrogen functional groups attached to an aromatic ring is 1. The van der Waals surface area contributed by atoms with Crippen molar-refractivity contribution in [2.75, 3.05) is 5.73 Å². The molecule has 0 aliphatic rings. The summed E-state index contributed by atoms with van der Waals surface area (Å²) in [5.41, 5.74) is 7.74. The third-order valence-electron chi connectivity index (χ3n) is 2.91. The topological polar surface area (TPSA) is 43.8 Å². The quantitative estimate of drug-likeness (QED) is 0.743. The predicted molar refractivity (Wildman–Crippen MR) is 80.5 cm³/mol. The first kappa shape index (κ1) is 12.3. The van der Waals surface area contributed by atoms with Gasteiger partial charge in [-0.15, -0.1) is 11.3 Å². The molecule has 0 amide bonds. The lowest BCUT2D eigenvalue weighted by Gasteiger charge is -2.09. The van der Waals surface area contributed by atoms with Crippen molar-refractivity contribution in [3.05, 3.63) is 58.7 Å². The summed E-state index contributed by atoms with van der Waals surface area (Å²) in [6, 6.07) is 9.67. The molecule has 1 aromatic carbocycles. The Hall–Kier alpha value is -1.78. The number of nitrogens with two attached hydrogens (primary N) is 1. The summed E-state index contributed by atoms with van der Waals surface area (Å²) in [5, 5.41) is 2.70. The molecule has 2 aromatic heterocycles. The maximum absolute atomic E-state index is 5.99. The highest BCUT2D eigenvalue weighted by Crippen LogP contribution is 2.25. The molecule has 0 spiro atoms. The SMILES string of the molecule is Nc1cc(Cl)ccc1Cn1ccnc1-c1cccs1. The second-order valence-corrected chi connectivity index (χ2v) is 5.58. The minimum absolute atomic E-state index is 0.658. The molecular weight excluding hydrogens is 278 g/mol. The molecule has 0 aliphatic heterocycles. The maximum Gasteiger partial charge on any atom is 0.150 e. The summed E-state index contributed by atoms with van der Waals surface area (Å²) in [7, 11) is 0. The van der Waals surface area contributed by atoms with Gasteiger partial charge < -0.3 is 10.3 Å². The lowest BCUT2D eigenvalue weighted by molar-refractivity contribution is 0.811. The zero-order chi connectivity index (χ0) is 13.2. The van der Waals surface area contributed by atoms with Crippen molar-refractivity contribution in [3.63, 3.8) is 0 Å². The fraction of sp³-hybridized carbons (Fsp3) is 0.0714. The minimum Gasteiger partial charge on any atom is -0.398 e. The van der Waals surface area contributed by atoms with Gasteiger partial charge in [-0.25, -0.2) is 4.98 Å². The van der Waals surface area contributed by atoms with Gasteiger partial charge in [-0.05, 0) is 29.1 Å². The number of benzene rings is 1. The van der Waals surface area contributed by atoms with Gasteiger partial charge in [0.05, 0.1) is 11.4 Å². The van der Waals surface area contributed by atoms with E-state index < -0.39 is 0 Å². The highest BCUT2D eigenvalue weighted by atomic mass is 35.5. The van der Waals surface area contributed by atoms with Crippen LogP contribution in [0.2, 0.25) is 5.02 Å². The van der Waals surface area contributed by atoms with Crippen LogP contribution in [0.3, 0.4) is 0 Å². The Morgan fingerprint density at radius 2 is 2.21 bits per heavy atom. The Bertz CT molecular complexity index is 689. The van der Waals surface area contributed by atoms with E-state index in [1.54, 1.807) is 23.6 Å². The van der Waals surface area contributed by atoms with Gasteiger partial charge in [-0.2, -0.15) is 0 Å². The maximum atomic E-state index is 5.99. The lowest BCUT2D eigenvalue weighted by atomic mass is 10.2. The third kappa shape index (κ3) is 2.50. The first-order chi connectivity index (χ1) is 9.24. The molecule has 0 bridgehead atoms. The number of halogens is 1. The third-order valence-corrected chi connectivity index (χ3v) is 4.01. The average molecular weight is 290 g/mol. The first-order valence-corrected chi connectivity index (χ1v) is 7.09. The van der Waals surface area contributed by atoms with Crippen LogP contribution in [-0.4, -0.2) is 9.55 Å². The van der Waals surface area contributed by atoms with Crippen molar-refractivity contribution < 1.29 is 0 Å². The molecule has 5 heteroatoms. The van der Waals surface area contributed by atoms with E-state index in [1.807, 2.05) is 29.8 Å². The molecule has 19 heavy (non-hydrogen) atoms. The number of anilines is 1. The second-order valence-electron chi connectivity index (χ2n) is 4.20. The van der Waals surface area contributed by atoms with Crippen LogP contribution < -0.4 is 5.73 Å². The zero-order valence-corrected chi connectivity index (χ0v) is 11.7. The van der Waals surface area contributed by atoms with Crippen LogP contribution in [0.1, 0.15) is 5.56 Å². The fourth-order valence-corrected chi connectivity index (χ4v) is 2.88. The monoisotopic (exact) mass is 289 g/mol. The van der Waals surface area contributed by atoms with Crippen LogP contribution in [-0.2, 0) is 6.54 Å². The van der Waals surface area contributed by atoms with Crippen molar-refractivity contribution in [2.24, 2.45) is 0 Å². The van der Waals surface area contributed by atoms with Gasteiger partial charge in [0.25, 0.3) is 0 Å². The molecule has 0 radical (unpaired) electrons. The van der Waals surface area contributed by atoms with E-state index in [0.29, 0.717) is 17.3 Å². The molecule has 2 heterocycles. The molecule has 0 saturated carbocycles. The van der Waals surface area contributed by atoms with Crippen molar-refractivity contribution in [2.45, 2.75) is 6.54 Å². The number of nitrogens with zero attached hydrogens (tertiary/aromatic N) is 2. The van der Waals surface area contributed by atoms with Crippen molar-refractivity contribution in [1.82, 2.24) is 9.55 Å². The predicted octanol–water partition coefficient (Wildman–Crippen LogP) is 3.90. The van der Waals surface area contributed by atoms with Gasteiger partial charge in [0.2, 0.25) is 0 Å². The summed E-state index contributed by atoms with van der Waals surface area (Å²) in [6.07, 6.45) is 3.77. The number of hydrogen-bond acceptors (Lipinski definition) is 3. The molecule has 0 aliphatic carbocycles. The fourth-order valence-electron chi connectivity index (χ4n) is 1.96. The largest absolute Gasteiger partial charge is 0.398 e. The lowest BCUT2D eigenvalue weighted by Crippen LogP contribution is -2.03. The Balaban J connectivity index is 1.94. The summed E-state index contributed by atoms with van der Waals surface area (Å²) >= 11 is 7.59. The first-order valence-electron chi connectivity index (χ1n) is 5.83. The van der Waals surface area contributed by atoms with E-state index in [9.17, 15) is 0 Å². The Labute approximate surface area is 120 Å². The van der Waals surface area contributed by atoms with E-state index in [2.05, 4.69) is 15.6 Å². The summed E-state index contributed by atoms with van der Waals surface area (Å²) in [4.78, 5) is 5.56. The van der Waals surface area contributed by atoms with Crippen molar-refractivity contribution in [3.8, 4) is 10.7 Å². The van der Waals surface area contributed by atoms with Crippen molar-refractivity contribution in [1.29, 1.82) is 0 Å². The van der Waals surface area contributed by atoms with E-state index >= 15 is 0 Å². The number of aromatic nitrogens is 2. The highest BCUT2D eigenvalue weighted by Gasteiger charge is 2.08. The highest BCUT2D eigenvalue weighted by molar-refractivity contribution is 7.13. The van der Waals surface area contributed by atoms with Gasteiger partial charge in [0.15, 0.2) is 0 Å². The average Bonchev–Trinajstić information content (AvgIpc) is 3.03. The second kappa shape index (κ2) is 5.07. The van der Waals surface area contributed by atoms with Crippen LogP contribution in [0.5, 0.6) is 0 Å². The Morgan fingerprint density at radius 1 is 1.32 bits per heavy atom. The van der Waals surface area contributed by atoms with E-state index in [0.717, 1.165) is 16.3 Å². The molecule has 0 unspecified atom stereocenters. The molecule has 3 aromatic rings. The van der Waals surface area contributed by atoms with E-state index in [-0.39, 0.29) is 0 Å². The normalized spacial score (nSPS) is 10.8. The van der Waals surface area contributed by atoms with Crippen LogP contribution in [0.4, 0.5) is 5.69 Å². The molecular formula is C14H12ClN3S. The van der Waals surface area contributed by atoms with Crippen LogP contribution in [0, 0.1) is 0 Å². The molecule has 3 nitrogen and oxygen atoms in total. The Kier molecular flexibility index (Phi) is 3.27. The van der Waals surface area contributed by atoms with Gasteiger partial charge >= 0.3 is 0 Å². The summed E-state index contributed by atoms with van der Waals surface area (Å²) < 4.78 is 2.09. The van der Waals surface area contributed by atoms with Crippen LogP contribution >= 0.6 is 22.9 Å². The van der Waals surface area contributed by atoms with Gasteiger partial charge in [0, 0.05) is 23.1 Å². The Morgan fingerprint density at radius 3 is 2.95 bits per heavy atom. The minimum atomic E-state index is 0.658. The number of hydrogen-bond donors (Lipinski definition) is 1. The smallest absolute Gasteiger partial charge is 0.150 e. The summed E-state index contributed by atoms with van der Waals surface area (Å²) in [5.74, 6) is 0.962. The molecule has 0 fully saturated rings. The van der Waals surface area contributed by atoms with E-state index in [4.69, 9.17) is 17.3 Å².